The minimum Gasteiger partial charge on any atom is -0.436 e. The van der Waals surface area contributed by atoms with Crippen LogP contribution in [0.3, 0.4) is 0 Å². The Morgan fingerprint density at radius 1 is 1.00 bits per heavy atom. The molecule has 2 N–H and O–H groups in total. The number of nitrogens with zero attached hydrogens (tertiary/aromatic N) is 3. The van der Waals surface area contributed by atoms with Gasteiger partial charge in [-0.2, -0.15) is 0 Å². The third-order valence-corrected chi connectivity index (χ3v) is 5.87. The molecule has 0 bridgehead atoms. The molecule has 0 unspecified atom stereocenters. The first-order valence-electron chi connectivity index (χ1n) is 10.1. The molecule has 160 valence electrons. The Kier molecular flexibility index (Phi) is 4.51. The molecule has 1 aliphatic carbocycles. The second-order valence-electron chi connectivity index (χ2n) is 8.07. The van der Waals surface area contributed by atoms with Gasteiger partial charge in [-0.25, -0.2) is 13.8 Å². The molecule has 2 aliphatic rings. The summed E-state index contributed by atoms with van der Waals surface area (Å²) in [5.74, 6) is -1.50. The lowest BCUT2D eigenvalue weighted by Crippen LogP contribution is -2.55. The van der Waals surface area contributed by atoms with Crippen LogP contribution in [0.4, 0.5) is 8.78 Å². The number of carbonyl (C=O) groups is 2. The molecule has 5 rings (SSSR count). The number of piperazine rings is 1. The molecule has 2 fully saturated rings. The minimum atomic E-state index is -0.721. The zero-order valence-electron chi connectivity index (χ0n) is 16.6. The molecule has 0 spiro atoms. The maximum absolute atomic E-state index is 14.8. The van der Waals surface area contributed by atoms with Gasteiger partial charge in [-0.05, 0) is 43.2 Å². The first-order chi connectivity index (χ1) is 14.8. The number of aromatic nitrogens is 1. The Labute approximate surface area is 176 Å². The maximum Gasteiger partial charge on any atom is 0.254 e. The topological polar surface area (TPSA) is 92.7 Å². The van der Waals surface area contributed by atoms with E-state index in [2.05, 4.69) is 4.98 Å². The fourth-order valence-corrected chi connectivity index (χ4v) is 3.79. The number of oxazole rings is 1. The van der Waals surface area contributed by atoms with Crippen molar-refractivity contribution in [1.29, 1.82) is 0 Å². The summed E-state index contributed by atoms with van der Waals surface area (Å²) in [5, 5.41) is 0. The highest BCUT2D eigenvalue weighted by molar-refractivity contribution is 5.95. The van der Waals surface area contributed by atoms with Crippen molar-refractivity contribution in [2.75, 3.05) is 26.2 Å². The molecular formula is C22H20F2N4O3. The number of benzene rings is 2. The molecule has 0 radical (unpaired) electrons. The molecule has 1 saturated carbocycles. The van der Waals surface area contributed by atoms with Crippen molar-refractivity contribution in [3.63, 3.8) is 0 Å². The number of amides is 2. The zero-order chi connectivity index (χ0) is 21.8. The van der Waals surface area contributed by atoms with Gasteiger partial charge in [0.15, 0.2) is 5.58 Å². The van der Waals surface area contributed by atoms with Gasteiger partial charge in [0, 0.05) is 37.8 Å². The fourth-order valence-electron chi connectivity index (χ4n) is 3.79. The van der Waals surface area contributed by atoms with Crippen molar-refractivity contribution in [1.82, 2.24) is 14.8 Å². The smallest absolute Gasteiger partial charge is 0.254 e. The van der Waals surface area contributed by atoms with E-state index >= 15 is 0 Å². The van der Waals surface area contributed by atoms with Crippen LogP contribution >= 0.6 is 0 Å². The predicted molar refractivity (Wildman–Crippen MR) is 108 cm³/mol. The normalized spacial score (nSPS) is 17.8. The first kappa shape index (κ1) is 19.6. The molecule has 0 atom stereocenters. The lowest BCUT2D eigenvalue weighted by Gasteiger charge is -2.36. The molecule has 1 saturated heterocycles. The van der Waals surface area contributed by atoms with Crippen LogP contribution in [0.15, 0.2) is 40.8 Å². The number of halogens is 2. The summed E-state index contributed by atoms with van der Waals surface area (Å²) in [6.07, 6.45) is 1.40. The van der Waals surface area contributed by atoms with Crippen LogP contribution in [0.5, 0.6) is 0 Å². The van der Waals surface area contributed by atoms with E-state index in [1.165, 1.54) is 30.3 Å². The highest BCUT2D eigenvalue weighted by Crippen LogP contribution is 2.34. The van der Waals surface area contributed by atoms with Crippen molar-refractivity contribution in [3.8, 4) is 11.5 Å². The van der Waals surface area contributed by atoms with Crippen LogP contribution in [0.2, 0.25) is 0 Å². The molecule has 1 aliphatic heterocycles. The zero-order valence-corrected chi connectivity index (χ0v) is 16.6. The van der Waals surface area contributed by atoms with E-state index in [0.29, 0.717) is 44.5 Å². The molecular weight excluding hydrogens is 406 g/mol. The van der Waals surface area contributed by atoms with Crippen molar-refractivity contribution >= 4 is 22.9 Å². The van der Waals surface area contributed by atoms with Crippen LogP contribution in [-0.2, 0) is 4.79 Å². The van der Waals surface area contributed by atoms with Crippen molar-refractivity contribution < 1.29 is 22.8 Å². The molecule has 2 aromatic carbocycles. The first-order valence-corrected chi connectivity index (χ1v) is 10.1. The van der Waals surface area contributed by atoms with Gasteiger partial charge in [0.1, 0.15) is 17.2 Å². The Morgan fingerprint density at radius 3 is 2.39 bits per heavy atom. The van der Waals surface area contributed by atoms with Crippen LogP contribution in [0.1, 0.15) is 23.2 Å². The highest BCUT2D eigenvalue weighted by Gasteiger charge is 2.48. The second kappa shape index (κ2) is 7.12. The number of fused-ring (bicyclic) bond motifs is 1. The summed E-state index contributed by atoms with van der Waals surface area (Å²) in [6.45, 7) is 1.54. The Hall–Kier alpha value is -3.33. The monoisotopic (exact) mass is 426 g/mol. The molecule has 31 heavy (non-hydrogen) atoms. The maximum atomic E-state index is 14.8. The van der Waals surface area contributed by atoms with Gasteiger partial charge in [0.25, 0.3) is 5.91 Å². The Bertz CT molecular complexity index is 1200. The van der Waals surface area contributed by atoms with E-state index in [1.807, 2.05) is 0 Å². The van der Waals surface area contributed by atoms with Gasteiger partial charge in [-0.3, -0.25) is 9.59 Å². The summed E-state index contributed by atoms with van der Waals surface area (Å²) >= 11 is 0. The molecule has 7 nitrogen and oxygen atoms in total. The van der Waals surface area contributed by atoms with E-state index < -0.39 is 17.2 Å². The van der Waals surface area contributed by atoms with E-state index in [0.717, 1.165) is 6.07 Å². The SMILES string of the molecule is NC1(C(=O)N2CCN(C(=O)c3ccc(-c4nc5ccc(F)cc5o4)c(F)c3)CC2)CC1. The minimum absolute atomic E-state index is 0.0139. The van der Waals surface area contributed by atoms with Crippen LogP contribution in [0, 0.1) is 11.6 Å². The molecule has 2 amide bonds. The Balaban J connectivity index is 1.30. The van der Waals surface area contributed by atoms with Crippen molar-refractivity contribution in [2.24, 2.45) is 5.73 Å². The number of rotatable bonds is 3. The summed E-state index contributed by atoms with van der Waals surface area (Å²) in [5.41, 5.74) is 6.16. The Morgan fingerprint density at radius 2 is 1.71 bits per heavy atom. The molecule has 2 heterocycles. The number of hydrogen-bond acceptors (Lipinski definition) is 5. The fraction of sp³-hybridized carbons (Fsp3) is 0.318. The average molecular weight is 426 g/mol. The van der Waals surface area contributed by atoms with Gasteiger partial charge in [-0.15, -0.1) is 0 Å². The summed E-state index contributed by atoms with van der Waals surface area (Å²) in [7, 11) is 0. The van der Waals surface area contributed by atoms with Crippen LogP contribution in [-0.4, -0.2) is 58.3 Å². The summed E-state index contributed by atoms with van der Waals surface area (Å²) < 4.78 is 33.6. The van der Waals surface area contributed by atoms with Crippen molar-refractivity contribution in [3.05, 3.63) is 53.6 Å². The number of hydrogen-bond donors (Lipinski definition) is 1. The quantitative estimate of drug-likeness (QED) is 0.695. The molecule has 1 aromatic heterocycles. The van der Waals surface area contributed by atoms with Gasteiger partial charge in [0.2, 0.25) is 11.8 Å². The van der Waals surface area contributed by atoms with E-state index in [-0.39, 0.29) is 34.4 Å². The van der Waals surface area contributed by atoms with E-state index in [1.54, 1.807) is 9.80 Å². The third-order valence-electron chi connectivity index (χ3n) is 5.87. The van der Waals surface area contributed by atoms with E-state index in [4.69, 9.17) is 10.2 Å². The van der Waals surface area contributed by atoms with Crippen molar-refractivity contribution in [2.45, 2.75) is 18.4 Å². The summed E-state index contributed by atoms with van der Waals surface area (Å²) in [6, 6.07) is 7.96. The standard InChI is InChI=1S/C22H20F2N4O3/c23-14-2-4-17-18(12-14)31-19(26-17)15-3-1-13(11-16(15)24)20(29)27-7-9-28(10-8-27)21(30)22(25)5-6-22/h1-4,11-12H,5-10,25H2. The lowest BCUT2D eigenvalue weighted by molar-refractivity contribution is -0.135. The number of carbonyl (C=O) groups excluding carboxylic acids is 2. The average Bonchev–Trinajstić information content (AvgIpc) is 3.39. The molecule has 9 heteroatoms. The van der Waals surface area contributed by atoms with Crippen LogP contribution in [0.25, 0.3) is 22.6 Å². The number of nitrogens with two attached hydrogens (primary N) is 1. The van der Waals surface area contributed by atoms with Gasteiger partial charge in [0.05, 0.1) is 11.1 Å². The third kappa shape index (κ3) is 3.54. The largest absolute Gasteiger partial charge is 0.436 e. The lowest BCUT2D eigenvalue weighted by atomic mass is 10.1. The summed E-state index contributed by atoms with van der Waals surface area (Å²) in [4.78, 5) is 32.6. The highest BCUT2D eigenvalue weighted by atomic mass is 19.1. The molecule has 3 aromatic rings. The van der Waals surface area contributed by atoms with Gasteiger partial charge >= 0.3 is 0 Å². The van der Waals surface area contributed by atoms with Gasteiger partial charge in [-0.1, -0.05) is 0 Å². The second-order valence-corrected chi connectivity index (χ2v) is 8.07. The van der Waals surface area contributed by atoms with Crippen LogP contribution < -0.4 is 5.73 Å². The van der Waals surface area contributed by atoms with Gasteiger partial charge < -0.3 is 20.0 Å². The predicted octanol–water partition coefficient (Wildman–Crippen LogP) is 2.55. The van der Waals surface area contributed by atoms with E-state index in [9.17, 15) is 18.4 Å².